The summed E-state index contributed by atoms with van der Waals surface area (Å²) >= 11 is 0. The van der Waals surface area contributed by atoms with Crippen LogP contribution in [0.5, 0.6) is 0 Å². The van der Waals surface area contributed by atoms with Crippen molar-refractivity contribution in [2.45, 2.75) is 32.9 Å². The molecule has 2 heterocycles. The highest BCUT2D eigenvalue weighted by molar-refractivity contribution is 5.96. The van der Waals surface area contributed by atoms with E-state index in [0.29, 0.717) is 18.4 Å². The van der Waals surface area contributed by atoms with Gasteiger partial charge in [0, 0.05) is 42.3 Å². The maximum atomic E-state index is 12.5. The molecule has 31 heavy (non-hydrogen) atoms. The summed E-state index contributed by atoms with van der Waals surface area (Å²) in [6.45, 7) is 6.35. The van der Waals surface area contributed by atoms with Crippen LogP contribution in [0.4, 0.5) is 0 Å². The number of aliphatic carboxylic acids is 1. The minimum absolute atomic E-state index is 0.193. The van der Waals surface area contributed by atoms with Crippen LogP contribution in [0.25, 0.3) is 10.9 Å². The number of likely N-dealkylation sites (tertiary alicyclic amines) is 1. The summed E-state index contributed by atoms with van der Waals surface area (Å²) in [4.78, 5) is 26.1. The third kappa shape index (κ3) is 4.35. The van der Waals surface area contributed by atoms with Gasteiger partial charge >= 0.3 is 11.9 Å². The van der Waals surface area contributed by atoms with E-state index >= 15 is 0 Å². The largest absolute Gasteiger partial charge is 0.480 e. The molecule has 1 aliphatic rings. The van der Waals surface area contributed by atoms with Gasteiger partial charge in [0.1, 0.15) is 6.04 Å². The van der Waals surface area contributed by atoms with Crippen molar-refractivity contribution in [2.75, 3.05) is 13.1 Å². The van der Waals surface area contributed by atoms with Crippen molar-refractivity contribution in [3.63, 3.8) is 0 Å². The van der Waals surface area contributed by atoms with Crippen molar-refractivity contribution in [2.24, 2.45) is 11.8 Å². The number of hydrogen-bond acceptors (Lipinski definition) is 3. The van der Waals surface area contributed by atoms with E-state index in [-0.39, 0.29) is 5.56 Å². The molecule has 3 aromatic rings. The zero-order valence-electron chi connectivity index (χ0n) is 17.9. The van der Waals surface area contributed by atoms with Crippen LogP contribution in [0, 0.1) is 11.8 Å². The number of rotatable bonds is 6. The molecule has 4 rings (SSSR count). The molecule has 0 spiro atoms. The third-order valence-corrected chi connectivity index (χ3v) is 6.15. The topological polar surface area (TPSA) is 82.8 Å². The summed E-state index contributed by atoms with van der Waals surface area (Å²) in [5, 5.41) is 20.5. The molecule has 0 amide bonds. The monoisotopic (exact) mass is 420 g/mol. The quantitative estimate of drug-likeness (QED) is 0.614. The van der Waals surface area contributed by atoms with Crippen LogP contribution in [0.1, 0.15) is 47.8 Å². The number of nitrogens with zero attached hydrogens (tertiary/aromatic N) is 2. The summed E-state index contributed by atoms with van der Waals surface area (Å²) < 4.78 is 1.97. The second kappa shape index (κ2) is 8.55. The summed E-state index contributed by atoms with van der Waals surface area (Å²) in [6, 6.07) is 14.1. The lowest BCUT2D eigenvalue weighted by atomic mass is 9.89. The van der Waals surface area contributed by atoms with Gasteiger partial charge in [0.15, 0.2) is 0 Å². The molecule has 0 radical (unpaired) electrons. The fraction of sp³-hybridized carbons (Fsp3) is 0.360. The number of aromatic nitrogens is 1. The SMILES string of the molecule is C[C@@H]1C[C@H](C)CN(C(C(=O)O)c2cn(Cc3ccccc3)c3cc(C(=O)O)ccc23)C1. The van der Waals surface area contributed by atoms with Gasteiger partial charge in [-0.1, -0.05) is 50.2 Å². The van der Waals surface area contributed by atoms with Crippen molar-refractivity contribution < 1.29 is 19.8 Å². The molecular formula is C25H28N2O4. The highest BCUT2D eigenvalue weighted by Crippen LogP contribution is 2.35. The molecule has 3 atom stereocenters. The van der Waals surface area contributed by atoms with Crippen LogP contribution in [0.2, 0.25) is 0 Å². The molecular weight excluding hydrogens is 392 g/mol. The smallest absolute Gasteiger partial charge is 0.335 e. The van der Waals surface area contributed by atoms with Crippen LogP contribution < -0.4 is 0 Å². The number of carboxylic acids is 2. The molecule has 1 unspecified atom stereocenters. The first-order valence-corrected chi connectivity index (χ1v) is 10.7. The van der Waals surface area contributed by atoms with Crippen molar-refractivity contribution in [1.82, 2.24) is 9.47 Å². The van der Waals surface area contributed by atoms with Crippen LogP contribution in [0.3, 0.4) is 0 Å². The molecule has 0 bridgehead atoms. The molecule has 1 aromatic heterocycles. The second-order valence-corrected chi connectivity index (χ2v) is 8.88. The minimum atomic E-state index is -0.996. The Hall–Kier alpha value is -3.12. The first kappa shape index (κ1) is 21.1. The van der Waals surface area contributed by atoms with Gasteiger partial charge in [-0.15, -0.1) is 0 Å². The van der Waals surface area contributed by atoms with Gasteiger partial charge in [-0.2, -0.15) is 0 Å². The highest BCUT2D eigenvalue weighted by Gasteiger charge is 2.34. The number of fused-ring (bicyclic) bond motifs is 1. The number of aromatic carboxylic acids is 1. The normalized spacial score (nSPS) is 20.6. The van der Waals surface area contributed by atoms with E-state index in [1.165, 1.54) is 0 Å². The van der Waals surface area contributed by atoms with E-state index in [0.717, 1.165) is 41.5 Å². The lowest BCUT2D eigenvalue weighted by Crippen LogP contribution is -2.43. The summed E-state index contributed by atoms with van der Waals surface area (Å²) in [6.07, 6.45) is 2.99. The molecule has 2 N–H and O–H groups in total. The van der Waals surface area contributed by atoms with E-state index < -0.39 is 18.0 Å². The van der Waals surface area contributed by atoms with E-state index in [4.69, 9.17) is 0 Å². The number of hydrogen-bond donors (Lipinski definition) is 2. The lowest BCUT2D eigenvalue weighted by Gasteiger charge is -2.38. The Morgan fingerprint density at radius 1 is 1.03 bits per heavy atom. The first-order chi connectivity index (χ1) is 14.8. The zero-order chi connectivity index (χ0) is 22.1. The maximum absolute atomic E-state index is 12.5. The second-order valence-electron chi connectivity index (χ2n) is 8.88. The third-order valence-electron chi connectivity index (χ3n) is 6.15. The minimum Gasteiger partial charge on any atom is -0.480 e. The fourth-order valence-electron chi connectivity index (χ4n) is 4.99. The molecule has 0 aliphatic carbocycles. The highest BCUT2D eigenvalue weighted by atomic mass is 16.4. The van der Waals surface area contributed by atoms with Gasteiger partial charge in [0.25, 0.3) is 0 Å². The Balaban J connectivity index is 1.84. The van der Waals surface area contributed by atoms with Crippen molar-refractivity contribution in [3.05, 3.63) is 71.4 Å². The van der Waals surface area contributed by atoms with E-state index in [2.05, 4.69) is 18.7 Å². The molecule has 6 nitrogen and oxygen atoms in total. The summed E-state index contributed by atoms with van der Waals surface area (Å²) in [5.41, 5.74) is 2.72. The van der Waals surface area contributed by atoms with Gasteiger partial charge in [0.05, 0.1) is 5.56 Å². The molecule has 1 aliphatic heterocycles. The zero-order valence-corrected chi connectivity index (χ0v) is 17.9. The van der Waals surface area contributed by atoms with Gasteiger partial charge in [-0.3, -0.25) is 9.69 Å². The van der Waals surface area contributed by atoms with Gasteiger partial charge in [-0.25, -0.2) is 4.79 Å². The Bertz CT molecular complexity index is 1100. The van der Waals surface area contributed by atoms with Crippen molar-refractivity contribution in [1.29, 1.82) is 0 Å². The Kier molecular flexibility index (Phi) is 5.83. The molecule has 1 fully saturated rings. The van der Waals surface area contributed by atoms with Crippen molar-refractivity contribution >= 4 is 22.8 Å². The molecule has 1 saturated heterocycles. The number of benzene rings is 2. The number of carbonyl (C=O) groups is 2. The van der Waals surface area contributed by atoms with E-state index in [1.807, 2.05) is 41.1 Å². The average Bonchev–Trinajstić information content (AvgIpc) is 3.05. The van der Waals surface area contributed by atoms with E-state index in [9.17, 15) is 19.8 Å². The predicted octanol–water partition coefficient (Wildman–Crippen LogP) is 4.49. The number of carboxylic acid groups (broad SMARTS) is 2. The Labute approximate surface area is 181 Å². The molecule has 0 saturated carbocycles. The molecule has 2 aromatic carbocycles. The first-order valence-electron chi connectivity index (χ1n) is 10.7. The van der Waals surface area contributed by atoms with Crippen LogP contribution in [-0.2, 0) is 11.3 Å². The van der Waals surface area contributed by atoms with Crippen LogP contribution in [0.15, 0.2) is 54.7 Å². The van der Waals surface area contributed by atoms with Gasteiger partial charge < -0.3 is 14.8 Å². The van der Waals surface area contributed by atoms with Crippen molar-refractivity contribution in [3.8, 4) is 0 Å². The van der Waals surface area contributed by atoms with Gasteiger partial charge in [0.2, 0.25) is 0 Å². The average molecular weight is 421 g/mol. The number of piperidine rings is 1. The Morgan fingerprint density at radius 2 is 1.71 bits per heavy atom. The predicted molar refractivity (Wildman–Crippen MR) is 119 cm³/mol. The fourth-order valence-corrected chi connectivity index (χ4v) is 4.99. The molecule has 162 valence electrons. The maximum Gasteiger partial charge on any atom is 0.335 e. The van der Waals surface area contributed by atoms with Crippen LogP contribution >= 0.6 is 0 Å². The standard InChI is InChI=1S/C25H28N2O4/c1-16-10-17(2)13-27(12-16)23(25(30)31)21-15-26(14-18-6-4-3-5-7-18)22-11-19(24(28)29)8-9-20(21)22/h3-9,11,15-17,23H,10,12-14H2,1-2H3,(H,28,29)(H,30,31)/t16-,17+,23?. The van der Waals surface area contributed by atoms with Gasteiger partial charge in [-0.05, 0) is 36.0 Å². The Morgan fingerprint density at radius 3 is 2.32 bits per heavy atom. The van der Waals surface area contributed by atoms with E-state index in [1.54, 1.807) is 18.2 Å². The lowest BCUT2D eigenvalue weighted by molar-refractivity contribution is -0.144. The van der Waals surface area contributed by atoms with Crippen LogP contribution in [-0.4, -0.2) is 44.7 Å². The summed E-state index contributed by atoms with van der Waals surface area (Å²) in [7, 11) is 0. The molecule has 6 heteroatoms. The summed E-state index contributed by atoms with van der Waals surface area (Å²) in [5.74, 6) is -1.00.